The average molecular weight is 322 g/mol. The lowest BCUT2D eigenvalue weighted by molar-refractivity contribution is -0.126. The van der Waals surface area contributed by atoms with Gasteiger partial charge in [0.05, 0.1) is 25.4 Å². The fraction of sp³-hybridized carbons (Fsp3) is 0.562. The molecule has 2 saturated heterocycles. The first kappa shape index (κ1) is 15.7. The van der Waals surface area contributed by atoms with Crippen molar-refractivity contribution >= 4 is 23.3 Å². The monoisotopic (exact) mass is 322 g/mol. The van der Waals surface area contributed by atoms with Crippen molar-refractivity contribution in [2.75, 3.05) is 45.9 Å². The summed E-state index contributed by atoms with van der Waals surface area (Å²) in [7, 11) is 0. The van der Waals surface area contributed by atoms with Crippen LogP contribution in [0.15, 0.2) is 23.6 Å². The summed E-state index contributed by atoms with van der Waals surface area (Å²) in [5.74, 6) is -0.0219. The van der Waals surface area contributed by atoms with E-state index in [9.17, 15) is 9.90 Å². The van der Waals surface area contributed by atoms with Gasteiger partial charge in [0.25, 0.3) is 0 Å². The van der Waals surface area contributed by atoms with Crippen LogP contribution >= 0.6 is 11.3 Å². The molecule has 3 rings (SSSR count). The summed E-state index contributed by atoms with van der Waals surface area (Å²) in [6, 6.07) is 3.94. The first-order chi connectivity index (χ1) is 10.6. The van der Waals surface area contributed by atoms with Crippen LogP contribution in [-0.4, -0.2) is 72.4 Å². The van der Waals surface area contributed by atoms with E-state index >= 15 is 0 Å². The third-order valence-corrected chi connectivity index (χ3v) is 5.04. The third-order valence-electron chi connectivity index (χ3n) is 4.20. The van der Waals surface area contributed by atoms with Crippen molar-refractivity contribution in [3.63, 3.8) is 0 Å². The number of β-amino-alcohol motifs (C(OH)–C–C–N with tert-alkyl or cyclic N) is 1. The number of hydrogen-bond acceptors (Lipinski definition) is 5. The van der Waals surface area contributed by atoms with Crippen LogP contribution in [-0.2, 0) is 9.53 Å². The molecule has 0 spiro atoms. The molecule has 6 heteroatoms. The summed E-state index contributed by atoms with van der Waals surface area (Å²) in [6.07, 6.45) is 4.08. The number of aliphatic hydroxyl groups is 1. The molecule has 1 N–H and O–H groups in total. The summed E-state index contributed by atoms with van der Waals surface area (Å²) >= 11 is 1.61. The Morgan fingerprint density at radius 2 is 2.23 bits per heavy atom. The van der Waals surface area contributed by atoms with E-state index in [4.69, 9.17) is 4.74 Å². The Morgan fingerprint density at radius 1 is 1.41 bits per heavy atom. The molecule has 120 valence electrons. The molecule has 1 atom stereocenters. The molecule has 2 fully saturated rings. The lowest BCUT2D eigenvalue weighted by Gasteiger charge is -2.33. The molecule has 2 aliphatic heterocycles. The maximum atomic E-state index is 12.2. The van der Waals surface area contributed by atoms with E-state index in [-0.39, 0.29) is 5.91 Å². The Hall–Kier alpha value is -1.21. The molecule has 0 bridgehead atoms. The summed E-state index contributed by atoms with van der Waals surface area (Å²) < 4.78 is 5.33. The molecule has 0 radical (unpaired) electrons. The molecule has 5 nitrogen and oxygen atoms in total. The van der Waals surface area contributed by atoms with Crippen LogP contribution in [0, 0.1) is 0 Å². The third kappa shape index (κ3) is 3.95. The van der Waals surface area contributed by atoms with Crippen molar-refractivity contribution in [3.05, 3.63) is 28.5 Å². The molecule has 1 aromatic heterocycles. The molecule has 0 unspecified atom stereocenters. The number of rotatable bonds is 4. The van der Waals surface area contributed by atoms with Crippen molar-refractivity contribution in [2.24, 2.45) is 0 Å². The lowest BCUT2D eigenvalue weighted by Crippen LogP contribution is -2.49. The van der Waals surface area contributed by atoms with Gasteiger partial charge in [0.1, 0.15) is 0 Å². The Kier molecular flexibility index (Phi) is 4.93. The maximum Gasteiger partial charge on any atom is 0.246 e. The van der Waals surface area contributed by atoms with Gasteiger partial charge >= 0.3 is 0 Å². The van der Waals surface area contributed by atoms with Crippen LogP contribution < -0.4 is 0 Å². The standard InChI is InChI=1S/C16H22N2O3S/c19-15(4-3-14-2-1-11-22-14)18-6-5-16(20,13-18)12-17-7-9-21-10-8-17/h1-4,11,20H,5-10,12-13H2/b4-3+/t16-/m0/s1. The van der Waals surface area contributed by atoms with Gasteiger partial charge in [-0.3, -0.25) is 9.69 Å². The fourth-order valence-corrected chi connectivity index (χ4v) is 3.61. The van der Waals surface area contributed by atoms with Crippen molar-refractivity contribution < 1.29 is 14.6 Å². The van der Waals surface area contributed by atoms with Crippen molar-refractivity contribution in [2.45, 2.75) is 12.0 Å². The van der Waals surface area contributed by atoms with Gasteiger partial charge < -0.3 is 14.7 Å². The molecule has 2 aliphatic rings. The summed E-state index contributed by atoms with van der Waals surface area (Å²) in [4.78, 5) is 17.2. The fourth-order valence-electron chi connectivity index (χ4n) is 2.99. The summed E-state index contributed by atoms with van der Waals surface area (Å²) in [5.41, 5.74) is -0.788. The Bertz CT molecular complexity index is 526. The van der Waals surface area contributed by atoms with Gasteiger partial charge in [0.15, 0.2) is 0 Å². The predicted molar refractivity (Wildman–Crippen MR) is 86.8 cm³/mol. The highest BCUT2D eigenvalue weighted by molar-refractivity contribution is 7.10. The maximum absolute atomic E-state index is 12.2. The molecular formula is C16H22N2O3S. The Labute approximate surface area is 134 Å². The zero-order chi connectivity index (χ0) is 15.4. The van der Waals surface area contributed by atoms with E-state index < -0.39 is 5.60 Å². The first-order valence-electron chi connectivity index (χ1n) is 7.68. The smallest absolute Gasteiger partial charge is 0.246 e. The van der Waals surface area contributed by atoms with Gasteiger partial charge in [-0.05, 0) is 23.9 Å². The highest BCUT2D eigenvalue weighted by Gasteiger charge is 2.39. The second-order valence-electron chi connectivity index (χ2n) is 5.97. The second-order valence-corrected chi connectivity index (χ2v) is 6.95. The molecule has 0 aliphatic carbocycles. The van der Waals surface area contributed by atoms with Crippen LogP contribution in [0.25, 0.3) is 6.08 Å². The topological polar surface area (TPSA) is 53.0 Å². The van der Waals surface area contributed by atoms with Crippen LogP contribution in [0.2, 0.25) is 0 Å². The van der Waals surface area contributed by atoms with E-state index in [1.54, 1.807) is 22.3 Å². The number of ether oxygens (including phenoxy) is 1. The molecular weight excluding hydrogens is 300 g/mol. The van der Waals surface area contributed by atoms with Crippen LogP contribution in [0.1, 0.15) is 11.3 Å². The van der Waals surface area contributed by atoms with E-state index in [1.807, 2.05) is 23.6 Å². The molecule has 3 heterocycles. The molecule has 0 saturated carbocycles. The number of likely N-dealkylation sites (tertiary alicyclic amines) is 1. The Balaban J connectivity index is 1.53. The van der Waals surface area contributed by atoms with Crippen LogP contribution in [0.3, 0.4) is 0 Å². The zero-order valence-electron chi connectivity index (χ0n) is 12.6. The largest absolute Gasteiger partial charge is 0.387 e. The van der Waals surface area contributed by atoms with Crippen LogP contribution in [0.4, 0.5) is 0 Å². The predicted octanol–water partition coefficient (Wildman–Crippen LogP) is 1.06. The average Bonchev–Trinajstić information content (AvgIpc) is 3.16. The minimum atomic E-state index is -0.788. The van der Waals surface area contributed by atoms with E-state index in [0.29, 0.717) is 26.1 Å². The summed E-state index contributed by atoms with van der Waals surface area (Å²) in [5, 5.41) is 12.7. The zero-order valence-corrected chi connectivity index (χ0v) is 13.4. The number of thiophene rings is 1. The van der Waals surface area contributed by atoms with Gasteiger partial charge in [0, 0.05) is 37.1 Å². The van der Waals surface area contributed by atoms with Crippen molar-refractivity contribution in [1.29, 1.82) is 0 Å². The van der Waals surface area contributed by atoms with E-state index in [0.717, 1.165) is 31.2 Å². The number of morpholine rings is 1. The van der Waals surface area contributed by atoms with Gasteiger partial charge in [0.2, 0.25) is 5.91 Å². The number of nitrogens with zero attached hydrogens (tertiary/aromatic N) is 2. The highest BCUT2D eigenvalue weighted by Crippen LogP contribution is 2.23. The highest BCUT2D eigenvalue weighted by atomic mass is 32.1. The molecule has 22 heavy (non-hydrogen) atoms. The molecule has 1 amide bonds. The van der Waals surface area contributed by atoms with Crippen LogP contribution in [0.5, 0.6) is 0 Å². The SMILES string of the molecule is O=C(/C=C/c1cccs1)N1CC[C@](O)(CN2CCOCC2)C1. The minimum absolute atomic E-state index is 0.0219. The molecule has 0 aromatic carbocycles. The second kappa shape index (κ2) is 6.91. The van der Waals surface area contributed by atoms with E-state index in [1.165, 1.54) is 0 Å². The Morgan fingerprint density at radius 3 is 2.95 bits per heavy atom. The van der Waals surface area contributed by atoms with Gasteiger partial charge in [-0.2, -0.15) is 0 Å². The lowest BCUT2D eigenvalue weighted by atomic mass is 10.0. The quantitative estimate of drug-likeness (QED) is 0.842. The van der Waals surface area contributed by atoms with Gasteiger partial charge in [-0.15, -0.1) is 11.3 Å². The number of amides is 1. The minimum Gasteiger partial charge on any atom is -0.387 e. The number of hydrogen-bond donors (Lipinski definition) is 1. The van der Waals surface area contributed by atoms with E-state index in [2.05, 4.69) is 4.90 Å². The number of carbonyl (C=O) groups is 1. The van der Waals surface area contributed by atoms with Gasteiger partial charge in [-0.25, -0.2) is 0 Å². The first-order valence-corrected chi connectivity index (χ1v) is 8.56. The molecule has 1 aromatic rings. The number of carbonyl (C=O) groups excluding carboxylic acids is 1. The normalized spacial score (nSPS) is 26.9. The van der Waals surface area contributed by atoms with Crippen molar-refractivity contribution in [1.82, 2.24) is 9.80 Å². The summed E-state index contributed by atoms with van der Waals surface area (Å²) in [6.45, 7) is 4.81. The van der Waals surface area contributed by atoms with Crippen molar-refractivity contribution in [3.8, 4) is 0 Å². The van der Waals surface area contributed by atoms with Gasteiger partial charge in [-0.1, -0.05) is 6.07 Å².